The van der Waals surface area contributed by atoms with Crippen LogP contribution < -0.4 is 4.90 Å². The minimum absolute atomic E-state index is 1.06. The van der Waals surface area contributed by atoms with Crippen LogP contribution >= 0.6 is 0 Å². The molecule has 0 unspecified atom stereocenters. The van der Waals surface area contributed by atoms with Crippen LogP contribution in [0.25, 0.3) is 10.8 Å². The number of aromatic nitrogens is 1. The Morgan fingerprint density at radius 1 is 1.12 bits per heavy atom. The second-order valence-electron chi connectivity index (χ2n) is 4.64. The summed E-state index contributed by atoms with van der Waals surface area (Å²) in [6, 6.07) is 8.67. The van der Waals surface area contributed by atoms with Gasteiger partial charge in [-0.3, -0.25) is 0 Å². The highest BCUT2D eigenvalue weighted by molar-refractivity contribution is 5.94. The van der Waals surface area contributed by atoms with E-state index < -0.39 is 0 Å². The van der Waals surface area contributed by atoms with Gasteiger partial charge in [0.2, 0.25) is 0 Å². The Bertz CT molecular complexity index is 503. The smallest absolute Gasteiger partial charge is 0.135 e. The molecule has 0 spiro atoms. The molecule has 2 heteroatoms. The Morgan fingerprint density at radius 2 is 1.94 bits per heavy atom. The molecule has 0 amide bonds. The number of hydrogen-bond donors (Lipinski definition) is 0. The predicted molar refractivity (Wildman–Crippen MR) is 74.7 cm³/mol. The molecule has 1 aromatic heterocycles. The molecule has 0 atom stereocenters. The highest BCUT2D eigenvalue weighted by Crippen LogP contribution is 2.26. The molecule has 0 fully saturated rings. The van der Waals surface area contributed by atoms with Gasteiger partial charge in [0.05, 0.1) is 0 Å². The van der Waals surface area contributed by atoms with E-state index in [2.05, 4.69) is 41.1 Å². The highest BCUT2D eigenvalue weighted by atomic mass is 15.1. The third-order valence-corrected chi connectivity index (χ3v) is 3.10. The first-order valence-corrected chi connectivity index (χ1v) is 6.28. The number of benzene rings is 1. The largest absolute Gasteiger partial charge is 0.362 e. The topological polar surface area (TPSA) is 16.1 Å². The lowest BCUT2D eigenvalue weighted by molar-refractivity contribution is 0.799. The van der Waals surface area contributed by atoms with Crippen molar-refractivity contribution in [3.8, 4) is 0 Å². The van der Waals surface area contributed by atoms with Crippen LogP contribution in [0.3, 0.4) is 0 Å². The fraction of sp³-hybridized carbons (Fsp3) is 0.400. The van der Waals surface area contributed by atoms with Gasteiger partial charge in [0.25, 0.3) is 0 Å². The Labute approximate surface area is 103 Å². The van der Waals surface area contributed by atoms with Crippen LogP contribution in [-0.2, 0) is 6.42 Å². The normalized spacial score (nSPS) is 10.8. The Morgan fingerprint density at radius 3 is 2.65 bits per heavy atom. The van der Waals surface area contributed by atoms with E-state index >= 15 is 0 Å². The highest BCUT2D eigenvalue weighted by Gasteiger charge is 2.06. The second kappa shape index (κ2) is 5.17. The number of aryl methyl sites for hydroxylation is 1. The van der Waals surface area contributed by atoms with Crippen molar-refractivity contribution < 1.29 is 0 Å². The molecule has 90 valence electrons. The van der Waals surface area contributed by atoms with Crippen LogP contribution in [-0.4, -0.2) is 19.1 Å². The maximum atomic E-state index is 4.45. The summed E-state index contributed by atoms with van der Waals surface area (Å²) in [5, 5.41) is 2.60. The maximum Gasteiger partial charge on any atom is 0.135 e. The van der Waals surface area contributed by atoms with Gasteiger partial charge in [-0.05, 0) is 29.9 Å². The first-order chi connectivity index (χ1) is 8.24. The summed E-state index contributed by atoms with van der Waals surface area (Å²) >= 11 is 0. The van der Waals surface area contributed by atoms with E-state index in [0.29, 0.717) is 0 Å². The summed E-state index contributed by atoms with van der Waals surface area (Å²) in [7, 11) is 4.08. The molecule has 2 aromatic rings. The van der Waals surface area contributed by atoms with Crippen LogP contribution in [0.2, 0.25) is 0 Å². The zero-order valence-electron chi connectivity index (χ0n) is 10.9. The first-order valence-electron chi connectivity index (χ1n) is 6.28. The minimum atomic E-state index is 1.06. The number of fused-ring (bicyclic) bond motifs is 1. The molecule has 0 saturated heterocycles. The quantitative estimate of drug-likeness (QED) is 0.794. The molecule has 17 heavy (non-hydrogen) atoms. The van der Waals surface area contributed by atoms with Crippen LogP contribution in [0.1, 0.15) is 25.3 Å². The second-order valence-corrected chi connectivity index (χ2v) is 4.64. The number of pyridine rings is 1. The zero-order valence-corrected chi connectivity index (χ0v) is 10.9. The van der Waals surface area contributed by atoms with Crippen LogP contribution in [0.15, 0.2) is 30.5 Å². The molecule has 1 heterocycles. The van der Waals surface area contributed by atoms with Gasteiger partial charge >= 0.3 is 0 Å². The van der Waals surface area contributed by atoms with Gasteiger partial charge in [0, 0.05) is 25.7 Å². The summed E-state index contributed by atoms with van der Waals surface area (Å²) in [5.41, 5.74) is 1.44. The molecule has 0 aliphatic rings. The van der Waals surface area contributed by atoms with Gasteiger partial charge in [0.1, 0.15) is 5.82 Å². The van der Waals surface area contributed by atoms with Gasteiger partial charge in [-0.25, -0.2) is 4.98 Å². The zero-order chi connectivity index (χ0) is 12.3. The van der Waals surface area contributed by atoms with E-state index in [1.54, 1.807) is 0 Å². The third kappa shape index (κ3) is 2.41. The molecule has 2 nitrogen and oxygen atoms in total. The van der Waals surface area contributed by atoms with Gasteiger partial charge in [0.15, 0.2) is 0 Å². The van der Waals surface area contributed by atoms with Crippen molar-refractivity contribution in [3.05, 3.63) is 36.0 Å². The molecular formula is C15H20N2. The molecule has 1 aromatic carbocycles. The fourth-order valence-electron chi connectivity index (χ4n) is 2.20. The van der Waals surface area contributed by atoms with Crippen molar-refractivity contribution in [2.75, 3.05) is 19.0 Å². The number of anilines is 1. The van der Waals surface area contributed by atoms with Gasteiger partial charge < -0.3 is 4.90 Å². The Kier molecular flexibility index (Phi) is 3.62. The Hall–Kier alpha value is -1.57. The van der Waals surface area contributed by atoms with Gasteiger partial charge in [-0.1, -0.05) is 31.5 Å². The average Bonchev–Trinajstić information content (AvgIpc) is 2.35. The van der Waals surface area contributed by atoms with Crippen molar-refractivity contribution in [1.29, 1.82) is 0 Å². The molecule has 0 bridgehead atoms. The summed E-state index contributed by atoms with van der Waals surface area (Å²) < 4.78 is 0. The monoisotopic (exact) mass is 228 g/mol. The van der Waals surface area contributed by atoms with Gasteiger partial charge in [-0.2, -0.15) is 0 Å². The molecular weight excluding hydrogens is 208 g/mol. The molecule has 0 N–H and O–H groups in total. The van der Waals surface area contributed by atoms with E-state index in [9.17, 15) is 0 Å². The molecule has 0 aliphatic heterocycles. The third-order valence-electron chi connectivity index (χ3n) is 3.10. The van der Waals surface area contributed by atoms with Crippen LogP contribution in [0.5, 0.6) is 0 Å². The SMILES string of the molecule is CCCCc1cccc2c(N(C)C)nccc12. The fourth-order valence-corrected chi connectivity index (χ4v) is 2.20. The van der Waals surface area contributed by atoms with Crippen molar-refractivity contribution in [2.24, 2.45) is 0 Å². The van der Waals surface area contributed by atoms with Crippen molar-refractivity contribution in [1.82, 2.24) is 4.98 Å². The Balaban J connectivity index is 2.53. The van der Waals surface area contributed by atoms with Crippen LogP contribution in [0, 0.1) is 0 Å². The van der Waals surface area contributed by atoms with E-state index in [0.717, 1.165) is 12.2 Å². The van der Waals surface area contributed by atoms with Crippen LogP contribution in [0.4, 0.5) is 5.82 Å². The lowest BCUT2D eigenvalue weighted by Gasteiger charge is -2.15. The summed E-state index contributed by atoms with van der Waals surface area (Å²) in [5.74, 6) is 1.06. The summed E-state index contributed by atoms with van der Waals surface area (Å²) in [4.78, 5) is 6.53. The van der Waals surface area contributed by atoms with Crippen molar-refractivity contribution in [2.45, 2.75) is 26.2 Å². The number of hydrogen-bond acceptors (Lipinski definition) is 2. The van der Waals surface area contributed by atoms with Crippen molar-refractivity contribution in [3.63, 3.8) is 0 Å². The number of rotatable bonds is 4. The molecule has 0 aliphatic carbocycles. The average molecular weight is 228 g/mol. The molecule has 2 rings (SSSR count). The lowest BCUT2D eigenvalue weighted by atomic mass is 10.0. The van der Waals surface area contributed by atoms with Gasteiger partial charge in [-0.15, -0.1) is 0 Å². The molecule has 0 radical (unpaired) electrons. The summed E-state index contributed by atoms with van der Waals surface area (Å²) in [6.07, 6.45) is 5.55. The summed E-state index contributed by atoms with van der Waals surface area (Å²) in [6.45, 7) is 2.23. The van der Waals surface area contributed by atoms with E-state index in [4.69, 9.17) is 0 Å². The number of unbranched alkanes of at least 4 members (excludes halogenated alkanes) is 1. The first kappa shape index (κ1) is 11.9. The van der Waals surface area contributed by atoms with Crippen molar-refractivity contribution >= 4 is 16.6 Å². The van der Waals surface area contributed by atoms with E-state index in [1.165, 1.54) is 29.2 Å². The lowest BCUT2D eigenvalue weighted by Crippen LogP contribution is -2.11. The van der Waals surface area contributed by atoms with E-state index in [-0.39, 0.29) is 0 Å². The van der Waals surface area contributed by atoms with E-state index in [1.807, 2.05) is 20.3 Å². The maximum absolute atomic E-state index is 4.45. The molecule has 0 saturated carbocycles. The standard InChI is InChI=1S/C15H20N2/c1-4-5-7-12-8-6-9-14-13(12)10-11-16-15(14)17(2)3/h6,8-11H,4-5,7H2,1-3H3. The predicted octanol–water partition coefficient (Wildman–Crippen LogP) is 3.64. The number of nitrogens with zero attached hydrogens (tertiary/aromatic N) is 2. The minimum Gasteiger partial charge on any atom is -0.362 e.